The van der Waals surface area contributed by atoms with Crippen LogP contribution >= 0.6 is 0 Å². The average Bonchev–Trinajstić information content (AvgIpc) is 3.09. The summed E-state index contributed by atoms with van der Waals surface area (Å²) < 4.78 is 1.96. The van der Waals surface area contributed by atoms with Crippen molar-refractivity contribution in [2.75, 3.05) is 18.0 Å². The second-order valence-corrected chi connectivity index (χ2v) is 6.54. The third kappa shape index (κ3) is 2.18. The van der Waals surface area contributed by atoms with Gasteiger partial charge >= 0.3 is 0 Å². The van der Waals surface area contributed by atoms with E-state index in [0.717, 1.165) is 42.7 Å². The molecule has 0 aliphatic carbocycles. The molecule has 2 aliphatic rings. The minimum atomic E-state index is -0.474. The predicted molar refractivity (Wildman–Crippen MR) is 84.8 cm³/mol. The van der Waals surface area contributed by atoms with E-state index < -0.39 is 5.41 Å². The fraction of sp³-hybridized carbons (Fsp3) is 0.500. The number of nitrogens with zero attached hydrogens (tertiary/aromatic N) is 4. The van der Waals surface area contributed by atoms with Crippen LogP contribution in [0.3, 0.4) is 0 Å². The minimum absolute atomic E-state index is 0.124. The van der Waals surface area contributed by atoms with E-state index in [4.69, 9.17) is 0 Å². The van der Waals surface area contributed by atoms with Crippen LogP contribution < -0.4 is 10.2 Å². The highest BCUT2D eigenvalue weighted by molar-refractivity contribution is 5.99. The standard InChI is InChI=1S/C16H19N5O2/c1-20-7-4-11-13(20)17-10-18-14(11)21-8-6-16(9-21)5-2-3-12(22)19-15(16)23/h4,7,10H,2-3,5-6,8-9H2,1H3,(H,19,22,23). The van der Waals surface area contributed by atoms with E-state index in [9.17, 15) is 9.59 Å². The SMILES string of the molecule is Cn1ccc2c(N3CCC4(CCCC(=O)NC4=O)C3)ncnc21. The Kier molecular flexibility index (Phi) is 3.11. The van der Waals surface area contributed by atoms with Crippen LogP contribution in [0.4, 0.5) is 5.82 Å². The number of hydrogen-bond donors (Lipinski definition) is 1. The van der Waals surface area contributed by atoms with Crippen molar-refractivity contribution < 1.29 is 9.59 Å². The summed E-state index contributed by atoms with van der Waals surface area (Å²) in [4.78, 5) is 35.0. The van der Waals surface area contributed by atoms with E-state index in [1.807, 2.05) is 23.9 Å². The van der Waals surface area contributed by atoms with Gasteiger partial charge in [0.15, 0.2) is 0 Å². The zero-order valence-corrected chi connectivity index (χ0v) is 13.1. The van der Waals surface area contributed by atoms with Crippen LogP contribution in [0, 0.1) is 5.41 Å². The van der Waals surface area contributed by atoms with Crippen molar-refractivity contribution in [2.45, 2.75) is 25.7 Å². The first kappa shape index (κ1) is 14.2. The van der Waals surface area contributed by atoms with Gasteiger partial charge in [0.2, 0.25) is 11.8 Å². The molecule has 0 saturated carbocycles. The number of hydrogen-bond acceptors (Lipinski definition) is 5. The summed E-state index contributed by atoms with van der Waals surface area (Å²) in [6.45, 7) is 1.37. The molecule has 120 valence electrons. The maximum absolute atomic E-state index is 12.5. The quantitative estimate of drug-likeness (QED) is 0.794. The summed E-state index contributed by atoms with van der Waals surface area (Å²) in [6.07, 6.45) is 6.24. The van der Waals surface area contributed by atoms with Crippen LogP contribution in [-0.2, 0) is 16.6 Å². The number of carbonyl (C=O) groups is 2. The largest absolute Gasteiger partial charge is 0.355 e. The molecule has 1 spiro atoms. The molecular weight excluding hydrogens is 294 g/mol. The molecule has 4 heterocycles. The Bertz CT molecular complexity index is 799. The Morgan fingerprint density at radius 3 is 3.00 bits per heavy atom. The number of rotatable bonds is 1. The third-order valence-electron chi connectivity index (χ3n) is 5.09. The number of aryl methyl sites for hydroxylation is 1. The topological polar surface area (TPSA) is 80.1 Å². The van der Waals surface area contributed by atoms with E-state index in [1.165, 1.54) is 0 Å². The molecule has 0 bridgehead atoms. The van der Waals surface area contributed by atoms with Gasteiger partial charge in [-0.3, -0.25) is 14.9 Å². The molecule has 2 amide bonds. The fourth-order valence-corrected chi connectivity index (χ4v) is 3.78. The maximum atomic E-state index is 12.5. The zero-order valence-electron chi connectivity index (χ0n) is 13.1. The highest BCUT2D eigenvalue weighted by atomic mass is 16.2. The van der Waals surface area contributed by atoms with Gasteiger partial charge in [0.05, 0.1) is 10.8 Å². The molecular formula is C16H19N5O2. The number of fused-ring (bicyclic) bond motifs is 1. The maximum Gasteiger partial charge on any atom is 0.234 e. The van der Waals surface area contributed by atoms with E-state index in [1.54, 1.807) is 6.33 Å². The van der Waals surface area contributed by atoms with Gasteiger partial charge in [0.25, 0.3) is 0 Å². The number of nitrogens with one attached hydrogen (secondary N) is 1. The molecule has 2 fully saturated rings. The molecule has 1 atom stereocenters. The zero-order chi connectivity index (χ0) is 16.0. The first-order valence-electron chi connectivity index (χ1n) is 7.94. The Morgan fingerprint density at radius 1 is 1.26 bits per heavy atom. The molecule has 2 aromatic rings. The molecule has 23 heavy (non-hydrogen) atoms. The molecule has 0 aromatic carbocycles. The summed E-state index contributed by atoms with van der Waals surface area (Å²) in [7, 11) is 1.95. The second kappa shape index (κ2) is 5.04. The summed E-state index contributed by atoms with van der Waals surface area (Å²) in [6, 6.07) is 2.01. The van der Waals surface area contributed by atoms with Gasteiger partial charge < -0.3 is 9.47 Å². The molecule has 0 radical (unpaired) electrons. The first-order chi connectivity index (χ1) is 11.1. The smallest absolute Gasteiger partial charge is 0.234 e. The normalized spacial score (nSPS) is 25.2. The van der Waals surface area contributed by atoms with Crippen molar-refractivity contribution in [3.8, 4) is 0 Å². The van der Waals surface area contributed by atoms with Crippen molar-refractivity contribution >= 4 is 28.7 Å². The second-order valence-electron chi connectivity index (χ2n) is 6.54. The highest BCUT2D eigenvalue weighted by Crippen LogP contribution is 2.40. The Labute approximate surface area is 133 Å². The number of anilines is 1. The molecule has 1 unspecified atom stereocenters. The molecule has 2 aromatic heterocycles. The number of carbonyl (C=O) groups excluding carboxylic acids is 2. The van der Waals surface area contributed by atoms with Crippen LogP contribution in [0.2, 0.25) is 0 Å². The van der Waals surface area contributed by atoms with Crippen LogP contribution in [0.5, 0.6) is 0 Å². The lowest BCUT2D eigenvalue weighted by Crippen LogP contribution is -2.43. The molecule has 7 nitrogen and oxygen atoms in total. The summed E-state index contributed by atoms with van der Waals surface area (Å²) in [5, 5.41) is 3.54. The summed E-state index contributed by atoms with van der Waals surface area (Å²) in [5.74, 6) is 0.592. The van der Waals surface area contributed by atoms with Crippen molar-refractivity contribution in [1.29, 1.82) is 0 Å². The predicted octanol–water partition coefficient (Wildman–Crippen LogP) is 0.991. The monoisotopic (exact) mass is 313 g/mol. The molecule has 7 heteroatoms. The van der Waals surface area contributed by atoms with Gasteiger partial charge in [0.1, 0.15) is 17.8 Å². The Balaban J connectivity index is 1.67. The van der Waals surface area contributed by atoms with E-state index in [0.29, 0.717) is 13.0 Å². The van der Waals surface area contributed by atoms with Crippen LogP contribution in [0.15, 0.2) is 18.6 Å². The number of aromatic nitrogens is 3. The Morgan fingerprint density at radius 2 is 2.13 bits per heavy atom. The van der Waals surface area contributed by atoms with Crippen molar-refractivity contribution in [1.82, 2.24) is 19.9 Å². The van der Waals surface area contributed by atoms with Gasteiger partial charge in [-0.15, -0.1) is 0 Å². The lowest BCUT2D eigenvalue weighted by Gasteiger charge is -2.26. The first-order valence-corrected chi connectivity index (χ1v) is 7.94. The van der Waals surface area contributed by atoms with E-state index >= 15 is 0 Å². The van der Waals surface area contributed by atoms with Crippen LogP contribution in [0.1, 0.15) is 25.7 Å². The molecule has 1 N–H and O–H groups in total. The summed E-state index contributed by atoms with van der Waals surface area (Å²) in [5.41, 5.74) is 0.412. The molecule has 2 saturated heterocycles. The molecule has 2 aliphatic heterocycles. The number of amides is 2. The number of imide groups is 1. The van der Waals surface area contributed by atoms with E-state index in [2.05, 4.69) is 20.2 Å². The van der Waals surface area contributed by atoms with Crippen molar-refractivity contribution in [2.24, 2.45) is 12.5 Å². The molecule has 4 rings (SSSR count). The highest BCUT2D eigenvalue weighted by Gasteiger charge is 2.46. The minimum Gasteiger partial charge on any atom is -0.355 e. The van der Waals surface area contributed by atoms with E-state index in [-0.39, 0.29) is 11.8 Å². The lowest BCUT2D eigenvalue weighted by atomic mass is 9.82. The summed E-state index contributed by atoms with van der Waals surface area (Å²) >= 11 is 0. The van der Waals surface area contributed by atoms with Gasteiger partial charge in [-0.05, 0) is 25.3 Å². The van der Waals surface area contributed by atoms with Crippen molar-refractivity contribution in [3.63, 3.8) is 0 Å². The van der Waals surface area contributed by atoms with Crippen molar-refractivity contribution in [3.05, 3.63) is 18.6 Å². The van der Waals surface area contributed by atoms with Gasteiger partial charge in [0, 0.05) is 32.8 Å². The Hall–Kier alpha value is -2.44. The van der Waals surface area contributed by atoms with Gasteiger partial charge in [-0.2, -0.15) is 0 Å². The van der Waals surface area contributed by atoms with Gasteiger partial charge in [-0.25, -0.2) is 9.97 Å². The average molecular weight is 313 g/mol. The third-order valence-corrected chi connectivity index (χ3v) is 5.09. The van der Waals surface area contributed by atoms with Crippen LogP contribution in [-0.4, -0.2) is 39.4 Å². The van der Waals surface area contributed by atoms with Gasteiger partial charge in [-0.1, -0.05) is 0 Å². The lowest BCUT2D eigenvalue weighted by molar-refractivity contribution is -0.134. The fourth-order valence-electron chi connectivity index (χ4n) is 3.78. The van der Waals surface area contributed by atoms with Crippen LogP contribution in [0.25, 0.3) is 11.0 Å².